The fourth-order valence-corrected chi connectivity index (χ4v) is 7.64. The molecule has 0 N–H and O–H groups in total. The Morgan fingerprint density at radius 2 is 1.04 bits per heavy atom. The molecule has 0 unspecified atom stereocenters. The van der Waals surface area contributed by atoms with Gasteiger partial charge in [-0.2, -0.15) is 0 Å². The van der Waals surface area contributed by atoms with Crippen molar-refractivity contribution < 1.29 is 4.74 Å². The van der Waals surface area contributed by atoms with Gasteiger partial charge in [-0.25, -0.2) is 9.97 Å². The Balaban J connectivity index is 1.13. The van der Waals surface area contributed by atoms with Crippen LogP contribution in [0.15, 0.2) is 133 Å². The first-order valence-corrected chi connectivity index (χ1v) is 16.0. The second-order valence-corrected chi connectivity index (χ2v) is 12.5. The quantitative estimate of drug-likeness (QED) is 0.195. The molecule has 1 aliphatic carbocycles. The summed E-state index contributed by atoms with van der Waals surface area (Å²) in [5, 5.41) is 2.18. The maximum absolute atomic E-state index is 6.49. The average Bonchev–Trinajstić information content (AvgIpc) is 3.12. The zero-order valence-electron chi connectivity index (χ0n) is 25.0. The van der Waals surface area contributed by atoms with Crippen molar-refractivity contribution in [3.05, 3.63) is 145 Å². The van der Waals surface area contributed by atoms with Crippen LogP contribution >= 0.6 is 0 Å². The number of ether oxygens (including phenoxy) is 1. The largest absolute Gasteiger partial charge is 0.457 e. The van der Waals surface area contributed by atoms with Crippen LogP contribution in [0, 0.1) is 0 Å². The summed E-state index contributed by atoms with van der Waals surface area (Å²) >= 11 is 0. The third-order valence-electron chi connectivity index (χ3n) is 9.91. The molecule has 0 amide bonds. The molecule has 1 aliphatic heterocycles. The first-order valence-electron chi connectivity index (χ1n) is 16.0. The van der Waals surface area contributed by atoms with Gasteiger partial charge in [0.2, 0.25) is 0 Å². The Bertz CT molecular complexity index is 2230. The zero-order valence-corrected chi connectivity index (χ0v) is 25.0. The lowest BCUT2D eigenvalue weighted by Crippen LogP contribution is -2.33. The number of aromatic nitrogens is 2. The predicted octanol–water partition coefficient (Wildman–Crippen LogP) is 11.1. The molecule has 2 aromatic heterocycles. The van der Waals surface area contributed by atoms with Crippen LogP contribution in [0.1, 0.15) is 43.2 Å². The van der Waals surface area contributed by atoms with Gasteiger partial charge in [-0.1, -0.05) is 116 Å². The van der Waals surface area contributed by atoms with Crippen LogP contribution in [0.4, 0.5) is 0 Å². The van der Waals surface area contributed by atoms with Gasteiger partial charge in [0.1, 0.15) is 11.5 Å². The zero-order chi connectivity index (χ0) is 29.8. The molecular weight excluding hydrogens is 548 g/mol. The lowest BCUT2D eigenvalue weighted by Gasteiger charge is -2.43. The molecule has 7 aromatic rings. The van der Waals surface area contributed by atoms with Crippen LogP contribution in [-0.2, 0) is 5.41 Å². The number of nitrogens with zero attached hydrogens (tertiary/aromatic N) is 2. The summed E-state index contributed by atoms with van der Waals surface area (Å²) in [4.78, 5) is 10.3. The molecule has 0 atom stereocenters. The van der Waals surface area contributed by atoms with Gasteiger partial charge in [0.05, 0.1) is 22.4 Å². The molecule has 2 aliphatic rings. The second kappa shape index (κ2) is 10.4. The van der Waals surface area contributed by atoms with E-state index in [1.165, 1.54) is 54.4 Å². The van der Waals surface area contributed by atoms with Crippen molar-refractivity contribution >= 4 is 21.8 Å². The number of fused-ring (bicyclic) bond motifs is 7. The number of rotatable bonds is 3. The van der Waals surface area contributed by atoms with Gasteiger partial charge in [-0.15, -0.1) is 0 Å². The molecule has 9 rings (SSSR count). The van der Waals surface area contributed by atoms with Gasteiger partial charge in [-0.05, 0) is 60.4 Å². The van der Waals surface area contributed by atoms with E-state index in [1.807, 2.05) is 6.07 Å². The highest BCUT2D eigenvalue weighted by molar-refractivity contribution is 6.04. The average molecular weight is 581 g/mol. The predicted molar refractivity (Wildman–Crippen MR) is 184 cm³/mol. The highest BCUT2D eigenvalue weighted by atomic mass is 16.5. The van der Waals surface area contributed by atoms with Gasteiger partial charge >= 0.3 is 0 Å². The van der Waals surface area contributed by atoms with Gasteiger partial charge < -0.3 is 4.74 Å². The Hall–Kier alpha value is -5.28. The van der Waals surface area contributed by atoms with Gasteiger partial charge in [-0.3, -0.25) is 0 Å². The van der Waals surface area contributed by atoms with Crippen molar-refractivity contribution in [2.75, 3.05) is 0 Å². The summed E-state index contributed by atoms with van der Waals surface area (Å²) in [7, 11) is 0. The molecule has 0 bridgehead atoms. The number of pyridine rings is 2. The molecular formula is C42H32N2O. The maximum Gasteiger partial charge on any atom is 0.131 e. The molecule has 5 aromatic carbocycles. The lowest BCUT2D eigenvalue weighted by molar-refractivity contribution is 0.306. The molecule has 216 valence electrons. The maximum atomic E-state index is 6.49. The molecule has 1 fully saturated rings. The summed E-state index contributed by atoms with van der Waals surface area (Å²) in [5.41, 5.74) is 11.1. The fraction of sp³-hybridized carbons (Fsp3) is 0.143. The third kappa shape index (κ3) is 4.34. The SMILES string of the molecule is c1ccc(-c2ccc3ccc4ccc(-c5cccc(-c6ccc7c(c6)C6(CCCCC6)c6ccccc6O7)c5)nc4c3n2)cc1. The van der Waals surface area contributed by atoms with Crippen LogP contribution < -0.4 is 4.74 Å². The molecule has 45 heavy (non-hydrogen) atoms. The summed E-state index contributed by atoms with van der Waals surface area (Å²) in [6, 6.07) is 47.4. The Labute approximate surface area is 263 Å². The Morgan fingerprint density at radius 1 is 0.444 bits per heavy atom. The summed E-state index contributed by atoms with van der Waals surface area (Å²) in [5.74, 6) is 2.02. The van der Waals surface area contributed by atoms with Crippen molar-refractivity contribution in [3.63, 3.8) is 0 Å². The van der Waals surface area contributed by atoms with E-state index in [2.05, 4.69) is 127 Å². The van der Waals surface area contributed by atoms with Crippen LogP contribution in [0.2, 0.25) is 0 Å². The lowest BCUT2D eigenvalue weighted by atomic mass is 9.63. The highest BCUT2D eigenvalue weighted by Crippen LogP contribution is 2.55. The Morgan fingerprint density at radius 3 is 1.82 bits per heavy atom. The summed E-state index contributed by atoms with van der Waals surface area (Å²) < 4.78 is 6.49. The number of hydrogen-bond acceptors (Lipinski definition) is 3. The number of hydrogen-bond donors (Lipinski definition) is 0. The van der Waals surface area contributed by atoms with Gasteiger partial charge in [0, 0.05) is 38.4 Å². The van der Waals surface area contributed by atoms with Crippen LogP contribution in [0.25, 0.3) is 55.4 Å². The van der Waals surface area contributed by atoms with E-state index in [0.717, 1.165) is 55.8 Å². The molecule has 3 heteroatoms. The molecule has 3 heterocycles. The monoisotopic (exact) mass is 580 g/mol. The van der Waals surface area contributed by atoms with Crippen molar-refractivity contribution in [2.24, 2.45) is 0 Å². The minimum atomic E-state index is 0.0165. The van der Waals surface area contributed by atoms with E-state index in [9.17, 15) is 0 Å². The first kappa shape index (κ1) is 26.2. The molecule has 1 saturated carbocycles. The third-order valence-corrected chi connectivity index (χ3v) is 9.91. The van der Waals surface area contributed by atoms with Crippen molar-refractivity contribution in [1.82, 2.24) is 9.97 Å². The van der Waals surface area contributed by atoms with E-state index in [-0.39, 0.29) is 5.41 Å². The summed E-state index contributed by atoms with van der Waals surface area (Å²) in [6.07, 6.45) is 6.13. The van der Waals surface area contributed by atoms with Crippen molar-refractivity contribution in [3.8, 4) is 45.1 Å². The standard InChI is InChI=1S/C42H32N2O/c1-3-10-28(11-4-1)36-21-18-29-16-17-30-19-22-37(44-41(30)40(29)43-36)33-13-9-12-31(26-33)32-20-23-39-35(27-32)42(24-7-2-8-25-42)34-14-5-6-15-38(34)45-39/h1,3-6,9-23,26-27H,2,7-8,24-25H2. The molecule has 3 nitrogen and oxygen atoms in total. The molecule has 0 saturated heterocycles. The molecule has 1 spiro atoms. The fourth-order valence-electron chi connectivity index (χ4n) is 7.64. The van der Waals surface area contributed by atoms with Crippen LogP contribution in [0.5, 0.6) is 11.5 Å². The summed E-state index contributed by atoms with van der Waals surface area (Å²) in [6.45, 7) is 0. The van der Waals surface area contributed by atoms with E-state index in [4.69, 9.17) is 14.7 Å². The van der Waals surface area contributed by atoms with Crippen LogP contribution in [-0.4, -0.2) is 9.97 Å². The molecule has 0 radical (unpaired) electrons. The van der Waals surface area contributed by atoms with Crippen molar-refractivity contribution in [1.29, 1.82) is 0 Å². The first-order chi connectivity index (χ1) is 22.2. The normalized spacial score (nSPS) is 15.0. The highest BCUT2D eigenvalue weighted by Gasteiger charge is 2.42. The van der Waals surface area contributed by atoms with E-state index in [0.29, 0.717) is 0 Å². The minimum absolute atomic E-state index is 0.0165. The van der Waals surface area contributed by atoms with Gasteiger partial charge in [0.15, 0.2) is 0 Å². The van der Waals surface area contributed by atoms with Crippen molar-refractivity contribution in [2.45, 2.75) is 37.5 Å². The van der Waals surface area contributed by atoms with Gasteiger partial charge in [0.25, 0.3) is 0 Å². The van der Waals surface area contributed by atoms with E-state index < -0.39 is 0 Å². The topological polar surface area (TPSA) is 35.0 Å². The smallest absolute Gasteiger partial charge is 0.131 e. The second-order valence-electron chi connectivity index (χ2n) is 12.5. The number of para-hydroxylation sites is 1. The van der Waals surface area contributed by atoms with E-state index >= 15 is 0 Å². The van der Waals surface area contributed by atoms with Crippen LogP contribution in [0.3, 0.4) is 0 Å². The number of benzene rings is 5. The van der Waals surface area contributed by atoms with E-state index in [1.54, 1.807) is 0 Å². The minimum Gasteiger partial charge on any atom is -0.457 e. The Kier molecular flexibility index (Phi) is 6.05.